The number of carbonyl (C=O) groups is 1. The van der Waals surface area contributed by atoms with Gasteiger partial charge in [0.2, 0.25) is 0 Å². The molecule has 0 saturated carbocycles. The summed E-state index contributed by atoms with van der Waals surface area (Å²) >= 11 is 3.38. The fourth-order valence-electron chi connectivity index (χ4n) is 3.46. The van der Waals surface area contributed by atoms with Gasteiger partial charge < -0.3 is 5.11 Å². The van der Waals surface area contributed by atoms with E-state index < -0.39 is 5.97 Å². The summed E-state index contributed by atoms with van der Waals surface area (Å²) in [4.78, 5) is 13.5. The molecule has 3 unspecified atom stereocenters. The first-order valence-electron chi connectivity index (χ1n) is 6.48. The van der Waals surface area contributed by atoms with Gasteiger partial charge in [-0.25, -0.2) is 4.39 Å². The number of hydrogen-bond donors (Lipinski definition) is 1. The second-order valence-electron chi connectivity index (χ2n) is 5.39. The molecule has 2 bridgehead atoms. The summed E-state index contributed by atoms with van der Waals surface area (Å²) in [6.45, 7) is 0.694. The Balaban J connectivity index is 1.79. The van der Waals surface area contributed by atoms with Crippen molar-refractivity contribution in [3.05, 3.63) is 34.1 Å². The zero-order chi connectivity index (χ0) is 13.6. The van der Waals surface area contributed by atoms with Gasteiger partial charge in [-0.2, -0.15) is 0 Å². The first-order chi connectivity index (χ1) is 9.06. The molecule has 2 aliphatic rings. The number of fused-ring (bicyclic) bond motifs is 2. The number of benzene rings is 1. The van der Waals surface area contributed by atoms with E-state index in [-0.39, 0.29) is 17.8 Å². The average molecular weight is 328 g/mol. The average Bonchev–Trinajstić information content (AvgIpc) is 2.90. The molecule has 102 valence electrons. The summed E-state index contributed by atoms with van der Waals surface area (Å²) < 4.78 is 13.8. The Labute approximate surface area is 119 Å². The lowest BCUT2D eigenvalue weighted by atomic mass is 9.89. The van der Waals surface area contributed by atoms with Crippen molar-refractivity contribution in [3.8, 4) is 0 Å². The first kappa shape index (κ1) is 13.1. The zero-order valence-electron chi connectivity index (χ0n) is 10.4. The molecule has 3 atom stereocenters. The number of carboxylic acid groups (broad SMARTS) is 1. The number of carboxylic acids is 1. The molecule has 19 heavy (non-hydrogen) atoms. The van der Waals surface area contributed by atoms with Crippen LogP contribution in [0.5, 0.6) is 0 Å². The van der Waals surface area contributed by atoms with Gasteiger partial charge in [0, 0.05) is 23.1 Å². The summed E-state index contributed by atoms with van der Waals surface area (Å²) in [6, 6.07) is 5.18. The molecular weight excluding hydrogens is 313 g/mol. The molecule has 0 radical (unpaired) electrons. The van der Waals surface area contributed by atoms with Crippen LogP contribution in [-0.2, 0) is 11.3 Å². The highest BCUT2D eigenvalue weighted by molar-refractivity contribution is 9.10. The lowest BCUT2D eigenvalue weighted by Crippen LogP contribution is -2.32. The SMILES string of the molecule is O=C(O)C1CC2CCC1N2Cc1ccc(F)cc1Br. The molecule has 0 aromatic heterocycles. The number of halogens is 2. The molecule has 3 rings (SSSR count). The Morgan fingerprint density at radius 1 is 1.47 bits per heavy atom. The highest BCUT2D eigenvalue weighted by Crippen LogP contribution is 2.43. The van der Waals surface area contributed by atoms with E-state index in [0.717, 1.165) is 29.3 Å². The number of nitrogens with zero attached hydrogens (tertiary/aromatic N) is 1. The fraction of sp³-hybridized carbons (Fsp3) is 0.500. The molecule has 2 fully saturated rings. The monoisotopic (exact) mass is 327 g/mol. The van der Waals surface area contributed by atoms with Crippen molar-refractivity contribution in [3.63, 3.8) is 0 Å². The number of rotatable bonds is 3. The van der Waals surface area contributed by atoms with Crippen LogP contribution in [0.3, 0.4) is 0 Å². The maximum atomic E-state index is 13.1. The second-order valence-corrected chi connectivity index (χ2v) is 6.24. The third kappa shape index (κ3) is 2.30. The molecule has 1 aromatic carbocycles. The van der Waals surface area contributed by atoms with E-state index in [0.29, 0.717) is 12.6 Å². The highest BCUT2D eigenvalue weighted by Gasteiger charge is 2.49. The van der Waals surface area contributed by atoms with E-state index in [1.165, 1.54) is 12.1 Å². The predicted octanol–water partition coefficient (Wildman–Crippen LogP) is 3.03. The van der Waals surface area contributed by atoms with Crippen LogP contribution < -0.4 is 0 Å². The summed E-state index contributed by atoms with van der Waals surface area (Å²) in [5, 5.41) is 9.22. The summed E-state index contributed by atoms with van der Waals surface area (Å²) in [5.74, 6) is -1.18. The van der Waals surface area contributed by atoms with Crippen molar-refractivity contribution in [2.24, 2.45) is 5.92 Å². The van der Waals surface area contributed by atoms with E-state index in [2.05, 4.69) is 20.8 Å². The van der Waals surface area contributed by atoms with Gasteiger partial charge in [0.05, 0.1) is 5.92 Å². The predicted molar refractivity (Wildman–Crippen MR) is 72.2 cm³/mol. The van der Waals surface area contributed by atoms with Crippen molar-refractivity contribution in [2.45, 2.75) is 37.9 Å². The van der Waals surface area contributed by atoms with Crippen LogP contribution in [0.1, 0.15) is 24.8 Å². The Bertz CT molecular complexity index is 522. The largest absolute Gasteiger partial charge is 0.481 e. The topological polar surface area (TPSA) is 40.5 Å². The maximum absolute atomic E-state index is 13.1. The van der Waals surface area contributed by atoms with Crippen LogP contribution in [0.4, 0.5) is 4.39 Å². The van der Waals surface area contributed by atoms with E-state index in [1.807, 2.05) is 0 Å². The van der Waals surface area contributed by atoms with E-state index in [1.54, 1.807) is 6.07 Å². The van der Waals surface area contributed by atoms with Crippen LogP contribution >= 0.6 is 15.9 Å². The van der Waals surface area contributed by atoms with Crippen LogP contribution in [-0.4, -0.2) is 28.1 Å². The number of aliphatic carboxylic acids is 1. The minimum atomic E-state index is -0.685. The fourth-order valence-corrected chi connectivity index (χ4v) is 3.94. The lowest BCUT2D eigenvalue weighted by molar-refractivity contribution is -0.142. The standard InChI is InChI=1S/C14H15BrFNO2/c15-12-5-9(16)2-1-8(12)7-17-10-3-4-13(17)11(6-10)14(18)19/h1-2,5,10-11,13H,3-4,6-7H2,(H,18,19). The van der Waals surface area contributed by atoms with Crippen molar-refractivity contribution in [1.29, 1.82) is 0 Å². The van der Waals surface area contributed by atoms with Crippen LogP contribution in [0.25, 0.3) is 0 Å². The molecule has 0 spiro atoms. The Morgan fingerprint density at radius 2 is 2.26 bits per heavy atom. The molecule has 2 saturated heterocycles. The molecule has 0 amide bonds. The Hall–Kier alpha value is -0.940. The Morgan fingerprint density at radius 3 is 2.89 bits per heavy atom. The molecule has 1 N–H and O–H groups in total. The van der Waals surface area contributed by atoms with Gasteiger partial charge >= 0.3 is 5.97 Å². The maximum Gasteiger partial charge on any atom is 0.308 e. The summed E-state index contributed by atoms with van der Waals surface area (Å²) in [5.41, 5.74) is 1.02. The highest BCUT2D eigenvalue weighted by atomic mass is 79.9. The molecular formula is C14H15BrFNO2. The van der Waals surface area contributed by atoms with E-state index in [4.69, 9.17) is 0 Å². The minimum absolute atomic E-state index is 0.138. The molecule has 3 nitrogen and oxygen atoms in total. The molecule has 5 heteroatoms. The van der Waals surface area contributed by atoms with Gasteiger partial charge in [0.1, 0.15) is 5.82 Å². The normalized spacial score (nSPS) is 29.9. The first-order valence-corrected chi connectivity index (χ1v) is 7.28. The molecule has 0 aliphatic carbocycles. The third-order valence-electron chi connectivity index (χ3n) is 4.37. The van der Waals surface area contributed by atoms with Gasteiger partial charge in [-0.05, 0) is 37.0 Å². The third-order valence-corrected chi connectivity index (χ3v) is 5.10. The van der Waals surface area contributed by atoms with Gasteiger partial charge in [0.25, 0.3) is 0 Å². The summed E-state index contributed by atoms with van der Waals surface area (Å²) in [7, 11) is 0. The smallest absolute Gasteiger partial charge is 0.308 e. The van der Waals surface area contributed by atoms with Crippen molar-refractivity contribution in [2.75, 3.05) is 0 Å². The van der Waals surface area contributed by atoms with Crippen molar-refractivity contribution in [1.82, 2.24) is 4.90 Å². The van der Waals surface area contributed by atoms with Crippen LogP contribution in [0.2, 0.25) is 0 Å². The van der Waals surface area contributed by atoms with Crippen molar-refractivity contribution < 1.29 is 14.3 Å². The van der Waals surface area contributed by atoms with Gasteiger partial charge in [-0.1, -0.05) is 22.0 Å². The van der Waals surface area contributed by atoms with Gasteiger partial charge in [-0.15, -0.1) is 0 Å². The van der Waals surface area contributed by atoms with E-state index in [9.17, 15) is 14.3 Å². The zero-order valence-corrected chi connectivity index (χ0v) is 11.9. The lowest BCUT2D eigenvalue weighted by Gasteiger charge is -2.23. The quantitative estimate of drug-likeness (QED) is 0.927. The Kier molecular flexibility index (Phi) is 3.35. The molecule has 2 aliphatic heterocycles. The minimum Gasteiger partial charge on any atom is -0.481 e. The van der Waals surface area contributed by atoms with Crippen LogP contribution in [0.15, 0.2) is 22.7 Å². The molecule has 1 aromatic rings. The van der Waals surface area contributed by atoms with Gasteiger partial charge in [-0.3, -0.25) is 9.69 Å². The summed E-state index contributed by atoms with van der Waals surface area (Å²) in [6.07, 6.45) is 2.78. The number of hydrogen-bond acceptors (Lipinski definition) is 2. The second kappa shape index (κ2) is 4.87. The van der Waals surface area contributed by atoms with Crippen molar-refractivity contribution >= 4 is 21.9 Å². The molecule has 2 heterocycles. The van der Waals surface area contributed by atoms with Gasteiger partial charge in [0.15, 0.2) is 0 Å². The van der Waals surface area contributed by atoms with Crippen LogP contribution in [0, 0.1) is 11.7 Å². The van der Waals surface area contributed by atoms with E-state index >= 15 is 0 Å².